The largest absolute Gasteiger partial charge is 0.438 e. The van der Waals surface area contributed by atoms with Crippen molar-refractivity contribution in [1.29, 1.82) is 0 Å². The number of pyridine rings is 1. The van der Waals surface area contributed by atoms with Crippen LogP contribution in [0.2, 0.25) is 0 Å². The molecule has 38 heavy (non-hydrogen) atoms. The smallest absolute Gasteiger partial charge is 0.340 e. The van der Waals surface area contributed by atoms with Crippen LogP contribution in [0, 0.1) is 5.82 Å². The zero-order chi connectivity index (χ0) is 27.1. The Morgan fingerprint density at radius 2 is 1.87 bits per heavy atom. The van der Waals surface area contributed by atoms with E-state index in [1.54, 1.807) is 41.3 Å². The topological polar surface area (TPSA) is 147 Å². The number of carbonyl (C=O) groups excluding carboxylic acids is 2. The van der Waals surface area contributed by atoms with E-state index in [2.05, 4.69) is 10.3 Å². The maximum atomic E-state index is 14.6. The first-order valence-electron chi connectivity index (χ1n) is 11.8. The van der Waals surface area contributed by atoms with Crippen molar-refractivity contribution in [2.75, 3.05) is 38.6 Å². The van der Waals surface area contributed by atoms with Crippen LogP contribution in [0.5, 0.6) is 5.75 Å². The Labute approximate surface area is 218 Å². The summed E-state index contributed by atoms with van der Waals surface area (Å²) in [6, 6.07) is 13.3. The second kappa shape index (κ2) is 11.8. The minimum atomic E-state index is -2.77. The molecule has 0 spiro atoms. The van der Waals surface area contributed by atoms with Crippen molar-refractivity contribution in [2.24, 2.45) is 0 Å². The molecule has 2 aromatic carbocycles. The van der Waals surface area contributed by atoms with Gasteiger partial charge in [0.25, 0.3) is 5.91 Å². The molecule has 1 aliphatic heterocycles. The highest BCUT2D eigenvalue weighted by Crippen LogP contribution is 2.29. The monoisotopic (exact) mass is 522 g/mol. The minimum absolute atomic E-state index is 0.0439. The molecule has 0 aliphatic carbocycles. The van der Waals surface area contributed by atoms with Crippen LogP contribution in [-0.4, -0.2) is 70.7 Å². The molecule has 11 heteroatoms. The molecule has 2 heterocycles. The van der Waals surface area contributed by atoms with Gasteiger partial charge in [0.05, 0.1) is 13.2 Å². The second-order valence-corrected chi connectivity index (χ2v) is 8.54. The van der Waals surface area contributed by atoms with E-state index < -0.39 is 24.2 Å². The number of morpholine rings is 1. The summed E-state index contributed by atoms with van der Waals surface area (Å²) in [4.78, 5) is 30.3. The number of carbonyl (C=O) groups is 2. The summed E-state index contributed by atoms with van der Waals surface area (Å²) < 4.78 is 25.1. The highest BCUT2D eigenvalue weighted by Gasteiger charge is 2.27. The van der Waals surface area contributed by atoms with E-state index in [9.17, 15) is 24.2 Å². The van der Waals surface area contributed by atoms with Crippen LogP contribution in [0.1, 0.15) is 15.9 Å². The van der Waals surface area contributed by atoms with Crippen LogP contribution in [0.25, 0.3) is 17.2 Å². The Morgan fingerprint density at radius 1 is 1.13 bits per heavy atom. The molecular formula is C27H27FN4O6. The average Bonchev–Trinajstić information content (AvgIpc) is 2.93. The third-order valence-corrected chi connectivity index (χ3v) is 5.69. The van der Waals surface area contributed by atoms with E-state index in [1.807, 2.05) is 0 Å². The molecule has 4 rings (SSSR count). The van der Waals surface area contributed by atoms with Gasteiger partial charge in [0, 0.05) is 36.5 Å². The quantitative estimate of drug-likeness (QED) is 0.259. The van der Waals surface area contributed by atoms with E-state index in [4.69, 9.17) is 15.2 Å². The molecule has 2 amide bonds. The van der Waals surface area contributed by atoms with Gasteiger partial charge in [0.2, 0.25) is 5.91 Å². The SMILES string of the molecule is Nc1ccc(/C=C/C(=O)NCC(O)(O)Oc2ccc(F)c(-c3ccc(C(=O)N4CCOCC4)cc3)c2)cn1. The van der Waals surface area contributed by atoms with Gasteiger partial charge >= 0.3 is 5.97 Å². The van der Waals surface area contributed by atoms with Crippen LogP contribution in [0.3, 0.4) is 0 Å². The standard InChI is InChI=1S/C27H27FN4O6/c28-23-8-7-21(38-27(35,36)17-31-25(33)10-2-18-1-9-24(29)30-16-18)15-22(23)19-3-5-20(6-4-19)26(34)32-11-13-37-14-12-32/h1-10,15-16,35-36H,11-14,17H2,(H2,29,30)(H,31,33)/b10-2+. The molecule has 1 aromatic heterocycles. The van der Waals surface area contributed by atoms with Crippen molar-refractivity contribution in [3.05, 3.63) is 83.8 Å². The van der Waals surface area contributed by atoms with Gasteiger partial charge in [0.15, 0.2) is 0 Å². The van der Waals surface area contributed by atoms with Crippen molar-refractivity contribution >= 4 is 23.7 Å². The van der Waals surface area contributed by atoms with Crippen LogP contribution in [0.4, 0.5) is 10.2 Å². The Kier molecular flexibility index (Phi) is 8.31. The predicted octanol–water partition coefficient (Wildman–Crippen LogP) is 1.79. The Balaban J connectivity index is 1.38. The number of nitrogens with zero attached hydrogens (tertiary/aromatic N) is 2. The predicted molar refractivity (Wildman–Crippen MR) is 137 cm³/mol. The van der Waals surface area contributed by atoms with Crippen molar-refractivity contribution in [1.82, 2.24) is 15.2 Å². The summed E-state index contributed by atoms with van der Waals surface area (Å²) in [6.07, 6.45) is 4.14. The number of ether oxygens (including phenoxy) is 2. The van der Waals surface area contributed by atoms with Crippen molar-refractivity contribution < 1.29 is 33.7 Å². The van der Waals surface area contributed by atoms with Gasteiger partial charge < -0.3 is 35.6 Å². The van der Waals surface area contributed by atoms with Gasteiger partial charge in [-0.3, -0.25) is 9.59 Å². The average molecular weight is 523 g/mol. The zero-order valence-electron chi connectivity index (χ0n) is 20.3. The molecule has 0 bridgehead atoms. The molecule has 10 nitrogen and oxygen atoms in total. The summed E-state index contributed by atoms with van der Waals surface area (Å²) in [5, 5.41) is 22.7. The van der Waals surface area contributed by atoms with Gasteiger partial charge in [-0.2, -0.15) is 0 Å². The molecule has 5 N–H and O–H groups in total. The first-order chi connectivity index (χ1) is 18.2. The molecule has 0 saturated carbocycles. The lowest BCUT2D eigenvalue weighted by Crippen LogP contribution is -2.47. The summed E-state index contributed by atoms with van der Waals surface area (Å²) in [5.74, 6) is -3.78. The molecule has 0 atom stereocenters. The second-order valence-electron chi connectivity index (χ2n) is 8.54. The lowest BCUT2D eigenvalue weighted by molar-refractivity contribution is -0.286. The first-order valence-corrected chi connectivity index (χ1v) is 11.8. The number of rotatable bonds is 8. The Morgan fingerprint density at radius 3 is 2.55 bits per heavy atom. The van der Waals surface area contributed by atoms with E-state index in [0.717, 1.165) is 6.07 Å². The van der Waals surface area contributed by atoms with E-state index in [-0.39, 0.29) is 17.2 Å². The summed E-state index contributed by atoms with van der Waals surface area (Å²) >= 11 is 0. The lowest BCUT2D eigenvalue weighted by Gasteiger charge is -2.26. The molecule has 1 saturated heterocycles. The molecule has 3 aromatic rings. The maximum Gasteiger partial charge on any atom is 0.340 e. The Hall–Kier alpha value is -4.32. The molecule has 198 valence electrons. The van der Waals surface area contributed by atoms with Crippen LogP contribution in [-0.2, 0) is 9.53 Å². The minimum Gasteiger partial charge on any atom is -0.438 e. The third-order valence-electron chi connectivity index (χ3n) is 5.69. The van der Waals surface area contributed by atoms with Crippen molar-refractivity contribution in [2.45, 2.75) is 5.97 Å². The van der Waals surface area contributed by atoms with Crippen molar-refractivity contribution in [3.63, 3.8) is 0 Å². The zero-order valence-corrected chi connectivity index (χ0v) is 20.3. The molecule has 1 fully saturated rings. The number of nitrogens with one attached hydrogen (secondary N) is 1. The Bertz CT molecular complexity index is 1310. The number of nitrogens with two attached hydrogens (primary N) is 1. The van der Waals surface area contributed by atoms with Crippen molar-refractivity contribution in [3.8, 4) is 16.9 Å². The van der Waals surface area contributed by atoms with Crippen LogP contribution >= 0.6 is 0 Å². The van der Waals surface area contributed by atoms with Gasteiger partial charge in [-0.1, -0.05) is 12.1 Å². The number of hydrogen-bond acceptors (Lipinski definition) is 8. The van der Waals surface area contributed by atoms with Crippen LogP contribution < -0.4 is 15.8 Å². The number of benzene rings is 2. The number of hydrogen-bond donors (Lipinski definition) is 4. The number of halogens is 1. The number of aliphatic hydroxyl groups is 2. The van der Waals surface area contributed by atoms with Gasteiger partial charge in [-0.05, 0) is 59.7 Å². The molecule has 1 aliphatic rings. The van der Waals surface area contributed by atoms with Gasteiger partial charge in [0.1, 0.15) is 23.9 Å². The van der Waals surface area contributed by atoms with E-state index in [0.29, 0.717) is 48.8 Å². The highest BCUT2D eigenvalue weighted by atomic mass is 19.1. The fourth-order valence-corrected chi connectivity index (χ4v) is 3.70. The maximum absolute atomic E-state index is 14.6. The van der Waals surface area contributed by atoms with Gasteiger partial charge in [-0.15, -0.1) is 0 Å². The fraction of sp³-hybridized carbons (Fsp3) is 0.222. The van der Waals surface area contributed by atoms with Gasteiger partial charge in [-0.25, -0.2) is 9.37 Å². The van der Waals surface area contributed by atoms with E-state index >= 15 is 0 Å². The number of aromatic nitrogens is 1. The number of amides is 2. The van der Waals surface area contributed by atoms with Crippen LogP contribution in [0.15, 0.2) is 66.9 Å². The third kappa shape index (κ3) is 7.13. The summed E-state index contributed by atoms with van der Waals surface area (Å²) in [5.41, 5.74) is 7.20. The number of nitrogen functional groups attached to an aromatic ring is 1. The molecular weight excluding hydrogens is 495 g/mol. The summed E-state index contributed by atoms with van der Waals surface area (Å²) in [7, 11) is 0. The number of anilines is 1. The normalized spacial score (nSPS) is 13.9. The lowest BCUT2D eigenvalue weighted by atomic mass is 10.0. The summed E-state index contributed by atoms with van der Waals surface area (Å²) in [6.45, 7) is 1.33. The fourth-order valence-electron chi connectivity index (χ4n) is 3.70. The molecule has 0 unspecified atom stereocenters. The van der Waals surface area contributed by atoms with E-state index in [1.165, 1.54) is 30.5 Å². The highest BCUT2D eigenvalue weighted by molar-refractivity contribution is 5.95. The first kappa shape index (κ1) is 26.7. The molecule has 0 radical (unpaired) electrons.